The van der Waals surface area contributed by atoms with Gasteiger partial charge in [0.05, 0.1) is 17.6 Å². The zero-order valence-corrected chi connectivity index (χ0v) is 15.6. The summed E-state index contributed by atoms with van der Waals surface area (Å²) in [5, 5.41) is 10.8. The number of aromatic nitrogens is 2. The number of hydrogen-bond acceptors (Lipinski definition) is 5. The van der Waals surface area contributed by atoms with Gasteiger partial charge in [-0.2, -0.15) is 18.3 Å². The Labute approximate surface area is 163 Å². The maximum atomic E-state index is 13.5. The first kappa shape index (κ1) is 20.6. The highest BCUT2D eigenvalue weighted by Gasteiger charge is 2.38. The van der Waals surface area contributed by atoms with Crippen molar-refractivity contribution in [3.8, 4) is 22.4 Å². The van der Waals surface area contributed by atoms with Gasteiger partial charge in [0.25, 0.3) is 0 Å². The fraction of sp³-hybridized carbons (Fsp3) is 0.111. The van der Waals surface area contributed by atoms with Crippen LogP contribution in [0.1, 0.15) is 16.1 Å². The Morgan fingerprint density at radius 2 is 1.59 bits per heavy atom. The Morgan fingerprint density at radius 1 is 1.03 bits per heavy atom. The molecule has 0 spiro atoms. The van der Waals surface area contributed by atoms with Crippen molar-refractivity contribution in [3.63, 3.8) is 0 Å². The SMILES string of the molecule is COC(=O)c1ccc(-c2c(-c3ccc(S(N)(=O)=O)cc3)n[nH]c2C(F)(F)F)cc1. The van der Waals surface area contributed by atoms with Crippen LogP contribution in [0.15, 0.2) is 53.4 Å². The maximum absolute atomic E-state index is 13.5. The van der Waals surface area contributed by atoms with E-state index in [9.17, 15) is 26.4 Å². The number of H-pyrrole nitrogens is 1. The highest BCUT2D eigenvalue weighted by molar-refractivity contribution is 7.89. The van der Waals surface area contributed by atoms with Crippen LogP contribution in [0.3, 0.4) is 0 Å². The number of halogens is 3. The zero-order valence-electron chi connectivity index (χ0n) is 14.8. The van der Waals surface area contributed by atoms with E-state index in [1.54, 1.807) is 0 Å². The van der Waals surface area contributed by atoms with Crippen LogP contribution in [-0.4, -0.2) is 31.7 Å². The Balaban J connectivity index is 2.15. The first-order chi connectivity index (χ1) is 13.5. The molecule has 0 aliphatic carbocycles. The number of hydrogen-bond donors (Lipinski definition) is 2. The monoisotopic (exact) mass is 425 g/mol. The van der Waals surface area contributed by atoms with Gasteiger partial charge in [-0.3, -0.25) is 5.10 Å². The molecule has 0 bridgehead atoms. The van der Waals surface area contributed by atoms with Gasteiger partial charge in [-0.25, -0.2) is 18.4 Å². The number of esters is 1. The van der Waals surface area contributed by atoms with Crippen LogP contribution in [-0.2, 0) is 20.9 Å². The second kappa shape index (κ2) is 7.33. The van der Waals surface area contributed by atoms with Crippen LogP contribution < -0.4 is 5.14 Å². The van der Waals surface area contributed by atoms with Crippen molar-refractivity contribution < 1.29 is 31.1 Å². The molecule has 0 radical (unpaired) electrons. The number of nitrogens with one attached hydrogen (secondary N) is 1. The molecule has 2 aromatic carbocycles. The van der Waals surface area contributed by atoms with E-state index >= 15 is 0 Å². The Kier molecular flexibility index (Phi) is 5.20. The predicted molar refractivity (Wildman–Crippen MR) is 97.2 cm³/mol. The number of aromatic amines is 1. The number of methoxy groups -OCH3 is 1. The first-order valence-electron chi connectivity index (χ1n) is 8.00. The lowest BCUT2D eigenvalue weighted by atomic mass is 9.97. The van der Waals surface area contributed by atoms with Gasteiger partial charge in [0.2, 0.25) is 10.0 Å². The molecule has 0 atom stereocenters. The number of ether oxygens (including phenoxy) is 1. The summed E-state index contributed by atoms with van der Waals surface area (Å²) in [5.74, 6) is -0.626. The molecule has 0 saturated heterocycles. The summed E-state index contributed by atoms with van der Waals surface area (Å²) >= 11 is 0. The number of rotatable bonds is 4. The summed E-state index contributed by atoms with van der Waals surface area (Å²) in [7, 11) is -2.76. The van der Waals surface area contributed by atoms with E-state index in [-0.39, 0.29) is 32.8 Å². The number of benzene rings is 2. The summed E-state index contributed by atoms with van der Waals surface area (Å²) in [4.78, 5) is 11.4. The van der Waals surface area contributed by atoms with E-state index in [0.29, 0.717) is 0 Å². The van der Waals surface area contributed by atoms with Gasteiger partial charge >= 0.3 is 12.1 Å². The molecule has 0 fully saturated rings. The van der Waals surface area contributed by atoms with E-state index in [1.807, 2.05) is 5.10 Å². The van der Waals surface area contributed by atoms with Gasteiger partial charge < -0.3 is 4.74 Å². The van der Waals surface area contributed by atoms with Crippen LogP contribution in [0.5, 0.6) is 0 Å². The largest absolute Gasteiger partial charge is 0.465 e. The number of sulfonamides is 1. The summed E-state index contributed by atoms with van der Waals surface area (Å²) in [6.07, 6.45) is -4.72. The van der Waals surface area contributed by atoms with Crippen LogP contribution in [0, 0.1) is 0 Å². The minimum absolute atomic E-state index is 0.0379. The second-order valence-electron chi connectivity index (χ2n) is 5.96. The van der Waals surface area contributed by atoms with Crippen molar-refractivity contribution in [1.82, 2.24) is 10.2 Å². The van der Waals surface area contributed by atoms with Gasteiger partial charge in [0.15, 0.2) is 0 Å². The Bertz CT molecular complexity index is 1150. The molecule has 1 aromatic heterocycles. The van der Waals surface area contributed by atoms with E-state index in [2.05, 4.69) is 9.84 Å². The molecular formula is C18H14F3N3O4S. The van der Waals surface area contributed by atoms with Crippen molar-refractivity contribution in [3.05, 3.63) is 59.8 Å². The minimum Gasteiger partial charge on any atom is -0.465 e. The Morgan fingerprint density at radius 3 is 2.07 bits per heavy atom. The molecule has 29 heavy (non-hydrogen) atoms. The van der Waals surface area contributed by atoms with E-state index in [1.165, 1.54) is 55.6 Å². The minimum atomic E-state index is -4.72. The summed E-state index contributed by atoms with van der Waals surface area (Å²) in [5.41, 5.74) is -0.775. The van der Waals surface area contributed by atoms with Crippen molar-refractivity contribution in [2.75, 3.05) is 7.11 Å². The third-order valence-corrected chi connectivity index (χ3v) is 5.03. The standard InChI is InChI=1S/C18H14F3N3O4S/c1-28-17(25)12-4-2-10(3-5-12)14-15(23-24-16(14)18(19,20)21)11-6-8-13(9-7-11)29(22,26)27/h2-9H,1H3,(H,23,24)(H2,22,26,27). The molecule has 1 heterocycles. The highest BCUT2D eigenvalue weighted by Crippen LogP contribution is 2.41. The normalized spacial score (nSPS) is 12.0. The van der Waals surface area contributed by atoms with Crippen LogP contribution in [0.4, 0.5) is 13.2 Å². The van der Waals surface area contributed by atoms with E-state index in [0.717, 1.165) is 0 Å². The number of carbonyl (C=O) groups excluding carboxylic acids is 1. The molecule has 0 unspecified atom stereocenters. The van der Waals surface area contributed by atoms with Gasteiger partial charge in [-0.05, 0) is 29.8 Å². The zero-order chi connectivity index (χ0) is 21.4. The topological polar surface area (TPSA) is 115 Å². The summed E-state index contributed by atoms with van der Waals surface area (Å²) < 4.78 is 67.9. The van der Waals surface area contributed by atoms with Crippen LogP contribution >= 0.6 is 0 Å². The average Bonchev–Trinajstić information content (AvgIpc) is 3.12. The van der Waals surface area contributed by atoms with Crippen molar-refractivity contribution in [2.24, 2.45) is 5.14 Å². The molecule has 152 valence electrons. The Hall–Kier alpha value is -3.18. The van der Waals surface area contributed by atoms with Crippen molar-refractivity contribution in [2.45, 2.75) is 11.1 Å². The molecule has 0 aliphatic heterocycles. The molecule has 3 N–H and O–H groups in total. The molecule has 3 rings (SSSR count). The van der Waals surface area contributed by atoms with Crippen LogP contribution in [0.25, 0.3) is 22.4 Å². The lowest BCUT2D eigenvalue weighted by Crippen LogP contribution is -2.11. The molecule has 0 saturated carbocycles. The number of primary sulfonamides is 1. The summed E-state index contributed by atoms with van der Waals surface area (Å²) in [6, 6.07) is 10.3. The van der Waals surface area contributed by atoms with Gasteiger partial charge in [-0.15, -0.1) is 0 Å². The first-order valence-corrected chi connectivity index (χ1v) is 9.54. The van der Waals surface area contributed by atoms with Gasteiger partial charge in [-0.1, -0.05) is 24.3 Å². The quantitative estimate of drug-likeness (QED) is 0.623. The average molecular weight is 425 g/mol. The summed E-state index contributed by atoms with van der Waals surface area (Å²) in [6.45, 7) is 0. The van der Waals surface area contributed by atoms with Crippen molar-refractivity contribution >= 4 is 16.0 Å². The second-order valence-corrected chi connectivity index (χ2v) is 7.52. The molecule has 7 nitrogen and oxygen atoms in total. The lowest BCUT2D eigenvalue weighted by molar-refractivity contribution is -0.140. The van der Waals surface area contributed by atoms with Crippen molar-refractivity contribution in [1.29, 1.82) is 0 Å². The smallest absolute Gasteiger partial charge is 0.433 e. The van der Waals surface area contributed by atoms with Gasteiger partial charge in [0, 0.05) is 11.1 Å². The third kappa shape index (κ3) is 4.15. The number of carbonyl (C=O) groups is 1. The molecule has 0 aliphatic rings. The predicted octanol–water partition coefficient (Wildman–Crippen LogP) is 3.20. The maximum Gasteiger partial charge on any atom is 0.433 e. The molecular weight excluding hydrogens is 411 g/mol. The number of nitrogens with zero attached hydrogens (tertiary/aromatic N) is 1. The van der Waals surface area contributed by atoms with Gasteiger partial charge in [0.1, 0.15) is 11.4 Å². The molecule has 3 aromatic rings. The highest BCUT2D eigenvalue weighted by atomic mass is 32.2. The van der Waals surface area contributed by atoms with E-state index < -0.39 is 27.9 Å². The molecule has 11 heteroatoms. The fourth-order valence-corrected chi connectivity index (χ4v) is 3.25. The third-order valence-electron chi connectivity index (χ3n) is 4.10. The lowest BCUT2D eigenvalue weighted by Gasteiger charge is -2.10. The number of nitrogens with two attached hydrogens (primary N) is 1. The van der Waals surface area contributed by atoms with E-state index in [4.69, 9.17) is 5.14 Å². The van der Waals surface area contributed by atoms with Crippen LogP contribution in [0.2, 0.25) is 0 Å². The number of alkyl halides is 3. The fourth-order valence-electron chi connectivity index (χ4n) is 2.73. The molecule has 0 amide bonds.